The summed E-state index contributed by atoms with van der Waals surface area (Å²) < 4.78 is 0. The molecule has 1 N–H and O–H groups in total. The second-order valence-electron chi connectivity index (χ2n) is 6.26. The largest absolute Gasteiger partial charge is 0.330 e. The molecule has 3 aromatic rings. The molecule has 0 fully saturated rings. The normalized spacial score (nSPS) is 11.3. The van der Waals surface area contributed by atoms with Gasteiger partial charge < -0.3 is 5.32 Å². The maximum absolute atomic E-state index is 12.7. The lowest BCUT2D eigenvalue weighted by molar-refractivity contribution is 0.103. The minimum absolute atomic E-state index is 0.0437. The Hall–Kier alpha value is -2.63. The molecular formula is C22H20ClN3OS. The van der Waals surface area contributed by atoms with Crippen molar-refractivity contribution in [1.29, 1.82) is 0 Å². The summed E-state index contributed by atoms with van der Waals surface area (Å²) in [5.41, 5.74) is 3.08. The predicted molar refractivity (Wildman–Crippen MR) is 116 cm³/mol. The molecule has 0 aliphatic rings. The van der Waals surface area contributed by atoms with E-state index in [1.165, 1.54) is 4.90 Å². The highest BCUT2D eigenvalue weighted by Gasteiger charge is 2.09. The first-order chi connectivity index (χ1) is 13.5. The summed E-state index contributed by atoms with van der Waals surface area (Å²) in [4.78, 5) is 22.3. The van der Waals surface area contributed by atoms with Crippen LogP contribution in [0.15, 0.2) is 77.3 Å². The van der Waals surface area contributed by atoms with Gasteiger partial charge in [-0.25, -0.2) is 9.97 Å². The Morgan fingerprint density at radius 2 is 1.89 bits per heavy atom. The van der Waals surface area contributed by atoms with Gasteiger partial charge in [0.2, 0.25) is 5.95 Å². The van der Waals surface area contributed by atoms with E-state index < -0.39 is 0 Å². The van der Waals surface area contributed by atoms with E-state index in [4.69, 9.17) is 11.6 Å². The van der Waals surface area contributed by atoms with E-state index in [9.17, 15) is 4.79 Å². The number of carbonyl (C=O) groups is 1. The van der Waals surface area contributed by atoms with Gasteiger partial charge in [0.15, 0.2) is 5.78 Å². The molecular weight excluding hydrogens is 390 g/mol. The van der Waals surface area contributed by atoms with Crippen LogP contribution in [0.1, 0.15) is 28.5 Å². The molecule has 0 bridgehead atoms. The van der Waals surface area contributed by atoms with Crippen molar-refractivity contribution in [2.75, 3.05) is 5.32 Å². The van der Waals surface area contributed by atoms with Crippen molar-refractivity contribution in [2.24, 2.45) is 0 Å². The third-order valence-corrected chi connectivity index (χ3v) is 5.21. The van der Waals surface area contributed by atoms with Crippen LogP contribution in [0.4, 0.5) is 5.95 Å². The molecule has 4 nitrogen and oxygen atoms in total. The maximum atomic E-state index is 12.7. The summed E-state index contributed by atoms with van der Waals surface area (Å²) in [6.07, 6.45) is 1.61. The van der Waals surface area contributed by atoms with Gasteiger partial charge >= 0.3 is 0 Å². The fourth-order valence-corrected chi connectivity index (χ4v) is 3.65. The number of carbonyl (C=O) groups excluding carboxylic acids is 1. The zero-order valence-electron chi connectivity index (χ0n) is 15.6. The average molecular weight is 410 g/mol. The third-order valence-electron chi connectivity index (χ3n) is 3.94. The maximum Gasteiger partial charge on any atom is 0.228 e. The number of hydrogen-bond donors (Lipinski definition) is 1. The molecule has 0 saturated heterocycles. The van der Waals surface area contributed by atoms with E-state index in [1.807, 2.05) is 49.4 Å². The Bertz CT molecular complexity index is 985. The molecule has 0 unspecified atom stereocenters. The van der Waals surface area contributed by atoms with Crippen LogP contribution in [0.25, 0.3) is 0 Å². The van der Waals surface area contributed by atoms with Crippen LogP contribution in [-0.2, 0) is 5.75 Å². The number of aryl methyl sites for hydroxylation is 1. The fourth-order valence-electron chi connectivity index (χ4n) is 2.55. The highest BCUT2D eigenvalue weighted by Crippen LogP contribution is 2.23. The zero-order valence-corrected chi connectivity index (χ0v) is 17.2. The summed E-state index contributed by atoms with van der Waals surface area (Å²) in [5.74, 6) is 1.13. The van der Waals surface area contributed by atoms with Gasteiger partial charge in [0.05, 0.1) is 0 Å². The first-order valence-corrected chi connectivity index (χ1v) is 10.1. The molecule has 0 aliphatic heterocycles. The van der Waals surface area contributed by atoms with Crippen molar-refractivity contribution < 1.29 is 4.79 Å². The van der Waals surface area contributed by atoms with E-state index >= 15 is 0 Å². The highest BCUT2D eigenvalue weighted by molar-refractivity contribution is 7.98. The highest BCUT2D eigenvalue weighted by atomic mass is 35.5. The molecule has 1 aromatic heterocycles. The Kier molecular flexibility index (Phi) is 6.85. The number of thioether (sulfide) groups is 1. The summed E-state index contributed by atoms with van der Waals surface area (Å²) in [6, 6.07) is 19.6. The van der Waals surface area contributed by atoms with Gasteiger partial charge in [-0.05, 0) is 43.7 Å². The molecule has 1 heterocycles. The monoisotopic (exact) mass is 409 g/mol. The Balaban J connectivity index is 1.67. The SMILES string of the molecule is C/C(=C\Nc1nc(C)cc(Cl)n1)C(=O)c1cccc(CSc2ccccc2)c1. The lowest BCUT2D eigenvalue weighted by Crippen LogP contribution is -2.05. The van der Waals surface area contributed by atoms with Crippen LogP contribution in [-0.4, -0.2) is 15.8 Å². The van der Waals surface area contributed by atoms with E-state index in [0.717, 1.165) is 17.0 Å². The number of benzene rings is 2. The van der Waals surface area contributed by atoms with Crippen LogP contribution in [0, 0.1) is 6.92 Å². The fraction of sp³-hybridized carbons (Fsp3) is 0.136. The predicted octanol–water partition coefficient (Wildman–Crippen LogP) is 5.93. The lowest BCUT2D eigenvalue weighted by atomic mass is 10.0. The van der Waals surface area contributed by atoms with Crippen molar-refractivity contribution >= 4 is 35.1 Å². The first kappa shape index (κ1) is 20.1. The number of allylic oxidation sites excluding steroid dienone is 1. The zero-order chi connectivity index (χ0) is 19.9. The number of anilines is 1. The molecule has 0 spiro atoms. The quantitative estimate of drug-likeness (QED) is 0.227. The van der Waals surface area contributed by atoms with Crippen LogP contribution < -0.4 is 5.32 Å². The molecule has 3 rings (SSSR count). The number of aromatic nitrogens is 2. The number of nitrogens with one attached hydrogen (secondary N) is 1. The molecule has 0 atom stereocenters. The van der Waals surface area contributed by atoms with Crippen molar-refractivity contribution in [3.05, 3.63) is 94.4 Å². The Morgan fingerprint density at radius 1 is 1.11 bits per heavy atom. The van der Waals surface area contributed by atoms with Gasteiger partial charge in [-0.2, -0.15) is 0 Å². The second-order valence-corrected chi connectivity index (χ2v) is 7.69. The number of hydrogen-bond acceptors (Lipinski definition) is 5. The molecule has 0 amide bonds. The number of halogens is 1. The molecule has 0 saturated carbocycles. The van der Waals surface area contributed by atoms with Gasteiger partial charge in [0.25, 0.3) is 0 Å². The van der Waals surface area contributed by atoms with Gasteiger partial charge in [-0.15, -0.1) is 11.8 Å². The van der Waals surface area contributed by atoms with Crippen molar-refractivity contribution in [3.8, 4) is 0 Å². The summed E-state index contributed by atoms with van der Waals surface area (Å²) in [7, 11) is 0. The van der Waals surface area contributed by atoms with Crippen LogP contribution in [0.5, 0.6) is 0 Å². The van der Waals surface area contributed by atoms with Crippen LogP contribution in [0.3, 0.4) is 0 Å². The lowest BCUT2D eigenvalue weighted by Gasteiger charge is -2.07. The molecule has 142 valence electrons. The summed E-state index contributed by atoms with van der Waals surface area (Å²) >= 11 is 7.68. The van der Waals surface area contributed by atoms with E-state index in [1.54, 1.807) is 31.0 Å². The molecule has 28 heavy (non-hydrogen) atoms. The Morgan fingerprint density at radius 3 is 2.64 bits per heavy atom. The minimum Gasteiger partial charge on any atom is -0.330 e. The van der Waals surface area contributed by atoms with E-state index in [-0.39, 0.29) is 5.78 Å². The smallest absolute Gasteiger partial charge is 0.228 e. The molecule has 0 radical (unpaired) electrons. The van der Waals surface area contributed by atoms with Gasteiger partial charge in [0.1, 0.15) is 5.15 Å². The third kappa shape index (κ3) is 5.68. The number of nitrogens with zero attached hydrogens (tertiary/aromatic N) is 2. The number of rotatable bonds is 7. The molecule has 0 aliphatic carbocycles. The van der Waals surface area contributed by atoms with Gasteiger partial charge in [-0.1, -0.05) is 48.0 Å². The second kappa shape index (κ2) is 9.53. The number of ketones is 1. The summed E-state index contributed by atoms with van der Waals surface area (Å²) in [6.45, 7) is 3.59. The minimum atomic E-state index is -0.0437. The Labute approximate surface area is 174 Å². The van der Waals surface area contributed by atoms with Gasteiger partial charge in [-0.3, -0.25) is 4.79 Å². The van der Waals surface area contributed by atoms with E-state index in [2.05, 4.69) is 27.4 Å². The average Bonchev–Trinajstić information content (AvgIpc) is 2.70. The van der Waals surface area contributed by atoms with Crippen molar-refractivity contribution in [2.45, 2.75) is 24.5 Å². The van der Waals surface area contributed by atoms with E-state index in [0.29, 0.717) is 22.2 Å². The standard InChI is InChI=1S/C22H20ClN3OS/c1-15(13-24-22-25-16(2)11-20(23)26-22)21(27)18-8-6-7-17(12-18)14-28-19-9-4-3-5-10-19/h3-13H,14H2,1-2H3,(H,24,25,26)/b15-13+. The van der Waals surface area contributed by atoms with Crippen LogP contribution in [0.2, 0.25) is 5.15 Å². The first-order valence-electron chi connectivity index (χ1n) is 8.77. The molecule has 2 aromatic carbocycles. The summed E-state index contributed by atoms with van der Waals surface area (Å²) in [5, 5.41) is 3.30. The van der Waals surface area contributed by atoms with Gasteiger partial charge in [0, 0.05) is 33.7 Å². The van der Waals surface area contributed by atoms with Crippen molar-refractivity contribution in [3.63, 3.8) is 0 Å². The van der Waals surface area contributed by atoms with Crippen molar-refractivity contribution in [1.82, 2.24) is 9.97 Å². The topological polar surface area (TPSA) is 54.9 Å². The molecule has 6 heteroatoms. The van der Waals surface area contributed by atoms with Crippen LogP contribution >= 0.6 is 23.4 Å². The number of Topliss-reactive ketones (excluding diaryl/α,β-unsaturated/α-hetero) is 1.